The van der Waals surface area contributed by atoms with Crippen LogP contribution in [0.2, 0.25) is 0 Å². The first kappa shape index (κ1) is 18.2. The molecule has 4 rings (SSSR count). The van der Waals surface area contributed by atoms with Gasteiger partial charge in [0.25, 0.3) is 0 Å². The van der Waals surface area contributed by atoms with Crippen LogP contribution in [0, 0.1) is 45.8 Å². The van der Waals surface area contributed by atoms with Gasteiger partial charge in [-0.15, -0.1) is 0 Å². The van der Waals surface area contributed by atoms with Crippen LogP contribution in [0.4, 0.5) is 0 Å². The van der Waals surface area contributed by atoms with Crippen molar-refractivity contribution in [3.05, 3.63) is 0 Å². The fourth-order valence-corrected chi connectivity index (χ4v) is 8.26. The Hall–Kier alpha value is -1.14. The normalized spacial score (nSPS) is 55.2. The highest BCUT2D eigenvalue weighted by molar-refractivity contribution is 5.80. The third kappa shape index (κ3) is 1.90. The summed E-state index contributed by atoms with van der Waals surface area (Å²) in [7, 11) is 0. The molecular formula is C20H30O6. The average Bonchev–Trinajstić information content (AvgIpc) is 2.99. The van der Waals surface area contributed by atoms with Crippen molar-refractivity contribution in [1.29, 1.82) is 0 Å². The minimum atomic E-state index is -1.45. The molecule has 0 aliphatic heterocycles. The van der Waals surface area contributed by atoms with Crippen LogP contribution in [0.3, 0.4) is 0 Å². The lowest BCUT2D eigenvalue weighted by molar-refractivity contribution is -0.182. The summed E-state index contributed by atoms with van der Waals surface area (Å²) in [6, 6.07) is 0. The zero-order valence-electron chi connectivity index (χ0n) is 15.5. The zero-order chi connectivity index (χ0) is 19.1. The van der Waals surface area contributed by atoms with Crippen molar-refractivity contribution < 1.29 is 30.0 Å². The van der Waals surface area contributed by atoms with Crippen LogP contribution in [0.5, 0.6) is 0 Å². The molecule has 6 nitrogen and oxygen atoms in total. The quantitative estimate of drug-likeness (QED) is 0.607. The molecule has 1 spiro atoms. The Morgan fingerprint density at radius 1 is 1.08 bits per heavy atom. The van der Waals surface area contributed by atoms with E-state index in [1.807, 2.05) is 0 Å². The van der Waals surface area contributed by atoms with Crippen molar-refractivity contribution in [2.75, 3.05) is 6.61 Å². The number of carboxylic acid groups (broad SMARTS) is 2. The number of hydrogen-bond acceptors (Lipinski definition) is 4. The van der Waals surface area contributed by atoms with Gasteiger partial charge in [0.1, 0.15) is 0 Å². The molecule has 4 saturated carbocycles. The van der Waals surface area contributed by atoms with Gasteiger partial charge in [0.15, 0.2) is 0 Å². The smallest absolute Gasteiger partial charge is 0.312 e. The minimum absolute atomic E-state index is 0.0751. The van der Waals surface area contributed by atoms with E-state index >= 15 is 0 Å². The second-order valence-corrected chi connectivity index (χ2v) is 9.92. The molecule has 4 N–H and O–H groups in total. The van der Waals surface area contributed by atoms with E-state index in [2.05, 4.69) is 6.92 Å². The van der Waals surface area contributed by atoms with Gasteiger partial charge in [0, 0.05) is 6.61 Å². The summed E-state index contributed by atoms with van der Waals surface area (Å²) in [5, 5.41) is 40.8. The molecule has 0 aromatic carbocycles. The fraction of sp³-hybridized carbons (Fsp3) is 0.900. The second kappa shape index (κ2) is 5.44. The molecule has 0 radical (unpaired) electrons. The van der Waals surface area contributed by atoms with E-state index in [-0.39, 0.29) is 18.4 Å². The zero-order valence-corrected chi connectivity index (χ0v) is 15.5. The number of carboxylic acids is 2. The second-order valence-electron chi connectivity index (χ2n) is 9.92. The van der Waals surface area contributed by atoms with Crippen molar-refractivity contribution in [3.63, 3.8) is 0 Å². The maximum absolute atomic E-state index is 12.5. The first-order chi connectivity index (χ1) is 12.1. The van der Waals surface area contributed by atoms with Crippen LogP contribution in [0.25, 0.3) is 0 Å². The first-order valence-corrected chi connectivity index (χ1v) is 9.88. The standard InChI is InChI=1S/C20H30O6/c1-18-6-5-13(22)19(2,17(25)26)15(18)14(16(23)24)20-7-10(3-4-12(18)20)11(8-20)9-21/h10-15,21-22H,3-9H2,1-2H3,(H,23,24)(H,25,26)/t10-,11+,12+,13+,14-,15+,18+,19-,20-/m1/s1. The molecule has 6 heteroatoms. The number of hydrogen-bond donors (Lipinski definition) is 4. The Morgan fingerprint density at radius 3 is 2.35 bits per heavy atom. The van der Waals surface area contributed by atoms with Crippen molar-refractivity contribution in [3.8, 4) is 0 Å². The predicted molar refractivity (Wildman–Crippen MR) is 92.2 cm³/mol. The highest BCUT2D eigenvalue weighted by atomic mass is 16.4. The van der Waals surface area contributed by atoms with Crippen LogP contribution in [0.1, 0.15) is 52.4 Å². The van der Waals surface area contributed by atoms with E-state index in [1.165, 1.54) is 0 Å². The molecule has 4 aliphatic carbocycles. The van der Waals surface area contributed by atoms with Gasteiger partial charge in [-0.25, -0.2) is 0 Å². The van der Waals surface area contributed by atoms with Crippen LogP contribution in [-0.4, -0.2) is 45.1 Å². The highest BCUT2D eigenvalue weighted by Gasteiger charge is 2.76. The summed E-state index contributed by atoms with van der Waals surface area (Å²) in [6.07, 6.45) is 3.39. The van der Waals surface area contributed by atoms with E-state index in [4.69, 9.17) is 0 Å². The van der Waals surface area contributed by atoms with Gasteiger partial charge >= 0.3 is 11.9 Å². The third-order valence-corrected chi connectivity index (χ3v) is 9.19. The molecule has 26 heavy (non-hydrogen) atoms. The lowest BCUT2D eigenvalue weighted by Gasteiger charge is -2.52. The first-order valence-electron chi connectivity index (χ1n) is 9.88. The average molecular weight is 366 g/mol. The van der Waals surface area contributed by atoms with E-state index in [9.17, 15) is 30.0 Å². The van der Waals surface area contributed by atoms with E-state index in [0.717, 1.165) is 19.3 Å². The molecule has 0 aromatic rings. The van der Waals surface area contributed by atoms with Crippen LogP contribution < -0.4 is 0 Å². The molecule has 146 valence electrons. The van der Waals surface area contributed by atoms with Gasteiger partial charge in [-0.2, -0.15) is 0 Å². The van der Waals surface area contributed by atoms with Crippen molar-refractivity contribution in [2.24, 2.45) is 45.8 Å². The Labute approximate surface area is 153 Å². The molecule has 0 heterocycles. The van der Waals surface area contributed by atoms with Gasteiger partial charge in [0.05, 0.1) is 17.4 Å². The number of fused-ring (bicyclic) bond motifs is 3. The fourth-order valence-electron chi connectivity index (χ4n) is 8.26. The molecule has 2 bridgehead atoms. The minimum Gasteiger partial charge on any atom is -0.481 e. The third-order valence-electron chi connectivity index (χ3n) is 9.19. The molecule has 4 aliphatic rings. The summed E-state index contributed by atoms with van der Waals surface area (Å²) in [5.74, 6) is -2.77. The van der Waals surface area contributed by atoms with Gasteiger partial charge in [-0.3, -0.25) is 9.59 Å². The maximum Gasteiger partial charge on any atom is 0.312 e. The molecule has 0 saturated heterocycles. The van der Waals surface area contributed by atoms with Gasteiger partial charge in [0.2, 0.25) is 0 Å². The molecule has 0 aromatic heterocycles. The van der Waals surface area contributed by atoms with Gasteiger partial charge in [-0.05, 0) is 80.0 Å². The summed E-state index contributed by atoms with van der Waals surface area (Å²) in [5.41, 5.74) is -2.29. The van der Waals surface area contributed by atoms with Gasteiger partial charge < -0.3 is 20.4 Å². The summed E-state index contributed by atoms with van der Waals surface area (Å²) >= 11 is 0. The number of carbonyl (C=O) groups is 2. The molecular weight excluding hydrogens is 336 g/mol. The van der Waals surface area contributed by atoms with Crippen LogP contribution >= 0.6 is 0 Å². The van der Waals surface area contributed by atoms with E-state index in [1.54, 1.807) is 6.92 Å². The lowest BCUT2D eigenvalue weighted by Crippen LogP contribution is -2.57. The summed E-state index contributed by atoms with van der Waals surface area (Å²) in [6.45, 7) is 3.71. The van der Waals surface area contributed by atoms with E-state index < -0.39 is 46.1 Å². The SMILES string of the molecule is C[C@@]12CC[C@H](O)[C@@](C)(C(=O)O)[C@H]1[C@H](C(=O)O)[C@]13C[C@@H](CO)[C@H](CC[C@@H]21)C3. The Bertz CT molecular complexity index is 648. The Morgan fingerprint density at radius 2 is 1.77 bits per heavy atom. The molecule has 0 unspecified atom stereocenters. The molecule has 4 fully saturated rings. The summed E-state index contributed by atoms with van der Waals surface area (Å²) < 4.78 is 0. The number of aliphatic hydroxyl groups is 2. The van der Waals surface area contributed by atoms with Crippen molar-refractivity contribution in [1.82, 2.24) is 0 Å². The number of aliphatic carboxylic acids is 2. The monoisotopic (exact) mass is 366 g/mol. The molecule has 9 atom stereocenters. The Kier molecular flexibility index (Phi) is 3.82. The summed E-state index contributed by atoms with van der Waals surface area (Å²) in [4.78, 5) is 24.8. The van der Waals surface area contributed by atoms with Crippen molar-refractivity contribution in [2.45, 2.75) is 58.5 Å². The lowest BCUT2D eigenvalue weighted by atomic mass is 9.52. The highest BCUT2D eigenvalue weighted by Crippen LogP contribution is 2.77. The van der Waals surface area contributed by atoms with Crippen LogP contribution in [-0.2, 0) is 9.59 Å². The largest absolute Gasteiger partial charge is 0.481 e. The van der Waals surface area contributed by atoms with E-state index in [0.29, 0.717) is 25.2 Å². The van der Waals surface area contributed by atoms with Crippen LogP contribution in [0.15, 0.2) is 0 Å². The van der Waals surface area contributed by atoms with Crippen molar-refractivity contribution >= 4 is 11.9 Å². The topological polar surface area (TPSA) is 115 Å². The van der Waals surface area contributed by atoms with Gasteiger partial charge in [-0.1, -0.05) is 6.92 Å². The Balaban J connectivity index is 1.91. The predicted octanol–water partition coefficient (Wildman–Crippen LogP) is 1.98. The number of aliphatic hydroxyl groups excluding tert-OH is 2. The number of rotatable bonds is 3. The molecule has 0 amide bonds. The maximum atomic E-state index is 12.5.